The minimum Gasteiger partial charge on any atom is -0.383 e. The molecule has 0 aromatic heterocycles. The van der Waals surface area contributed by atoms with Crippen molar-refractivity contribution in [2.24, 2.45) is 0 Å². The average molecular weight is 187 g/mol. The van der Waals surface area contributed by atoms with Crippen LogP contribution in [0.2, 0.25) is 0 Å². The Labute approximate surface area is 81.0 Å². The van der Waals surface area contributed by atoms with Crippen LogP contribution in [-0.4, -0.2) is 50.0 Å². The molecule has 1 heterocycles. The number of rotatable bonds is 2. The standard InChI is InChI=1S/C10H21NO2/c1-10(2,3)11-5-6-13-8-9(11)7-12-4/h9H,5-8H2,1-4H3/t9-/m1/s1. The lowest BCUT2D eigenvalue weighted by atomic mass is 10.0. The van der Waals surface area contributed by atoms with E-state index >= 15 is 0 Å². The van der Waals surface area contributed by atoms with E-state index in [1.165, 1.54) is 0 Å². The van der Waals surface area contributed by atoms with Gasteiger partial charge in [-0.2, -0.15) is 0 Å². The van der Waals surface area contributed by atoms with Gasteiger partial charge in [-0.15, -0.1) is 0 Å². The van der Waals surface area contributed by atoms with Crippen LogP contribution >= 0.6 is 0 Å². The number of morpholine rings is 1. The molecule has 0 spiro atoms. The molecule has 78 valence electrons. The van der Waals surface area contributed by atoms with Crippen molar-refractivity contribution < 1.29 is 9.47 Å². The first-order valence-corrected chi connectivity index (χ1v) is 4.89. The van der Waals surface area contributed by atoms with Crippen LogP contribution in [0.3, 0.4) is 0 Å². The summed E-state index contributed by atoms with van der Waals surface area (Å²) >= 11 is 0. The predicted molar refractivity (Wildman–Crippen MR) is 52.9 cm³/mol. The molecule has 0 aliphatic carbocycles. The molecule has 1 aliphatic heterocycles. The number of hydrogen-bond donors (Lipinski definition) is 0. The maximum atomic E-state index is 5.44. The topological polar surface area (TPSA) is 21.7 Å². The van der Waals surface area contributed by atoms with Gasteiger partial charge in [-0.25, -0.2) is 0 Å². The lowest BCUT2D eigenvalue weighted by Crippen LogP contribution is -2.56. The summed E-state index contributed by atoms with van der Waals surface area (Å²) in [6.45, 7) is 10.1. The Morgan fingerprint density at radius 3 is 2.69 bits per heavy atom. The van der Waals surface area contributed by atoms with Gasteiger partial charge in [0.15, 0.2) is 0 Å². The number of methoxy groups -OCH3 is 1. The molecular formula is C10H21NO2. The van der Waals surface area contributed by atoms with Gasteiger partial charge >= 0.3 is 0 Å². The van der Waals surface area contributed by atoms with Crippen LogP contribution in [0.4, 0.5) is 0 Å². The Hall–Kier alpha value is -0.120. The molecule has 0 unspecified atom stereocenters. The van der Waals surface area contributed by atoms with E-state index in [2.05, 4.69) is 25.7 Å². The quantitative estimate of drug-likeness (QED) is 0.647. The first-order valence-electron chi connectivity index (χ1n) is 4.89. The second kappa shape index (κ2) is 4.40. The van der Waals surface area contributed by atoms with Gasteiger partial charge in [0.25, 0.3) is 0 Å². The fraction of sp³-hybridized carbons (Fsp3) is 1.00. The molecule has 0 amide bonds. The first kappa shape index (κ1) is 11.0. The van der Waals surface area contributed by atoms with Crippen LogP contribution in [0.1, 0.15) is 20.8 Å². The summed E-state index contributed by atoms with van der Waals surface area (Å²) in [5.41, 5.74) is 0.215. The Bertz CT molecular complexity index is 151. The molecule has 0 aromatic carbocycles. The second-order valence-electron chi connectivity index (χ2n) is 4.55. The van der Waals surface area contributed by atoms with Crippen LogP contribution < -0.4 is 0 Å². The van der Waals surface area contributed by atoms with Crippen molar-refractivity contribution in [1.82, 2.24) is 4.90 Å². The molecule has 1 rings (SSSR count). The van der Waals surface area contributed by atoms with Gasteiger partial charge in [0, 0.05) is 19.2 Å². The predicted octanol–water partition coefficient (Wildman–Crippen LogP) is 1.13. The van der Waals surface area contributed by atoms with Crippen LogP contribution in [0, 0.1) is 0 Å². The summed E-state index contributed by atoms with van der Waals surface area (Å²) in [5.74, 6) is 0. The maximum Gasteiger partial charge on any atom is 0.0645 e. The third kappa shape index (κ3) is 2.93. The molecule has 0 bridgehead atoms. The van der Waals surface area contributed by atoms with Crippen molar-refractivity contribution in [3.8, 4) is 0 Å². The lowest BCUT2D eigenvalue weighted by molar-refractivity contribution is -0.0713. The van der Waals surface area contributed by atoms with E-state index < -0.39 is 0 Å². The van der Waals surface area contributed by atoms with Crippen molar-refractivity contribution in [1.29, 1.82) is 0 Å². The molecule has 0 aromatic rings. The molecule has 1 fully saturated rings. The zero-order valence-corrected chi connectivity index (χ0v) is 9.17. The summed E-state index contributed by atoms with van der Waals surface area (Å²) in [6, 6.07) is 0.416. The highest BCUT2D eigenvalue weighted by molar-refractivity contribution is 4.85. The molecule has 3 heteroatoms. The van der Waals surface area contributed by atoms with E-state index in [-0.39, 0.29) is 5.54 Å². The van der Waals surface area contributed by atoms with Crippen molar-refractivity contribution in [3.63, 3.8) is 0 Å². The Morgan fingerprint density at radius 2 is 2.15 bits per heavy atom. The zero-order valence-electron chi connectivity index (χ0n) is 9.17. The van der Waals surface area contributed by atoms with E-state index in [0.29, 0.717) is 6.04 Å². The van der Waals surface area contributed by atoms with Crippen LogP contribution in [0.5, 0.6) is 0 Å². The Kier molecular flexibility index (Phi) is 3.71. The second-order valence-corrected chi connectivity index (χ2v) is 4.55. The van der Waals surface area contributed by atoms with Gasteiger partial charge in [0.1, 0.15) is 0 Å². The fourth-order valence-electron chi connectivity index (χ4n) is 1.87. The molecular weight excluding hydrogens is 166 g/mol. The van der Waals surface area contributed by atoms with Gasteiger partial charge in [-0.3, -0.25) is 4.90 Å². The minimum atomic E-state index is 0.215. The SMILES string of the molecule is COC[C@@H]1COCCN1C(C)(C)C. The third-order valence-electron chi connectivity index (χ3n) is 2.45. The molecule has 3 nitrogen and oxygen atoms in total. The normalized spacial score (nSPS) is 26.3. The number of hydrogen-bond acceptors (Lipinski definition) is 3. The van der Waals surface area contributed by atoms with Crippen molar-refractivity contribution >= 4 is 0 Å². The summed E-state index contributed by atoms with van der Waals surface area (Å²) in [4.78, 5) is 2.46. The third-order valence-corrected chi connectivity index (χ3v) is 2.45. The average Bonchev–Trinajstić information content (AvgIpc) is 2.04. The molecule has 0 radical (unpaired) electrons. The van der Waals surface area contributed by atoms with E-state index in [1.807, 2.05) is 0 Å². The Morgan fingerprint density at radius 1 is 1.46 bits per heavy atom. The smallest absolute Gasteiger partial charge is 0.0645 e. The van der Waals surface area contributed by atoms with Crippen LogP contribution in [0.25, 0.3) is 0 Å². The largest absolute Gasteiger partial charge is 0.383 e. The van der Waals surface area contributed by atoms with Crippen LogP contribution in [-0.2, 0) is 9.47 Å². The highest BCUT2D eigenvalue weighted by Crippen LogP contribution is 2.19. The first-order chi connectivity index (χ1) is 6.05. The van der Waals surface area contributed by atoms with Crippen molar-refractivity contribution in [2.45, 2.75) is 32.4 Å². The number of ether oxygens (including phenoxy) is 2. The van der Waals surface area contributed by atoms with Crippen LogP contribution in [0.15, 0.2) is 0 Å². The molecule has 1 atom stereocenters. The number of nitrogens with zero attached hydrogens (tertiary/aromatic N) is 1. The summed E-state index contributed by atoms with van der Waals surface area (Å²) in [7, 11) is 1.75. The summed E-state index contributed by atoms with van der Waals surface area (Å²) in [6.07, 6.45) is 0. The molecule has 0 N–H and O–H groups in total. The zero-order chi connectivity index (χ0) is 9.90. The van der Waals surface area contributed by atoms with Crippen molar-refractivity contribution in [3.05, 3.63) is 0 Å². The molecule has 13 heavy (non-hydrogen) atoms. The lowest BCUT2D eigenvalue weighted by Gasteiger charge is -2.44. The summed E-state index contributed by atoms with van der Waals surface area (Å²) < 4.78 is 10.6. The van der Waals surface area contributed by atoms with Gasteiger partial charge in [-0.1, -0.05) is 0 Å². The highest BCUT2D eigenvalue weighted by Gasteiger charge is 2.31. The molecule has 0 saturated carbocycles. The van der Waals surface area contributed by atoms with Gasteiger partial charge in [0.05, 0.1) is 25.9 Å². The van der Waals surface area contributed by atoms with E-state index in [1.54, 1.807) is 7.11 Å². The Balaban J connectivity index is 2.56. The minimum absolute atomic E-state index is 0.215. The van der Waals surface area contributed by atoms with Gasteiger partial charge < -0.3 is 9.47 Å². The van der Waals surface area contributed by atoms with Crippen molar-refractivity contribution in [2.75, 3.05) is 33.5 Å². The van der Waals surface area contributed by atoms with Gasteiger partial charge in [-0.05, 0) is 20.8 Å². The summed E-state index contributed by atoms with van der Waals surface area (Å²) in [5, 5.41) is 0. The van der Waals surface area contributed by atoms with E-state index in [9.17, 15) is 0 Å². The monoisotopic (exact) mass is 187 g/mol. The highest BCUT2D eigenvalue weighted by atomic mass is 16.5. The van der Waals surface area contributed by atoms with E-state index in [0.717, 1.165) is 26.4 Å². The molecule has 1 aliphatic rings. The maximum absolute atomic E-state index is 5.44. The van der Waals surface area contributed by atoms with Gasteiger partial charge in [0.2, 0.25) is 0 Å². The molecule has 1 saturated heterocycles. The van der Waals surface area contributed by atoms with E-state index in [4.69, 9.17) is 9.47 Å². The fourth-order valence-corrected chi connectivity index (χ4v) is 1.87.